The van der Waals surface area contributed by atoms with Crippen LogP contribution in [0, 0.1) is 10.1 Å². The molecular weight excluding hydrogens is 354 g/mol. The van der Waals surface area contributed by atoms with E-state index < -0.39 is 10.9 Å². The third kappa shape index (κ3) is 4.12. The summed E-state index contributed by atoms with van der Waals surface area (Å²) < 4.78 is 10.1. The molecule has 26 heavy (non-hydrogen) atoms. The molecule has 0 N–H and O–H groups in total. The van der Waals surface area contributed by atoms with Crippen LogP contribution in [-0.4, -0.2) is 23.8 Å². The van der Waals surface area contributed by atoms with Crippen LogP contribution in [0.15, 0.2) is 65.6 Å². The number of esters is 1. The third-order valence-electron chi connectivity index (χ3n) is 3.66. The van der Waals surface area contributed by atoms with Gasteiger partial charge in [0, 0.05) is 4.90 Å². The summed E-state index contributed by atoms with van der Waals surface area (Å²) in [5, 5.41) is 13.3. The number of thioether (sulfide) groups is 1. The summed E-state index contributed by atoms with van der Waals surface area (Å²) in [6.07, 6.45) is 0. The Bertz CT molecular complexity index is 973. The summed E-state index contributed by atoms with van der Waals surface area (Å²) in [5.41, 5.74) is -0.312. The molecule has 0 aliphatic rings. The Morgan fingerprint density at radius 3 is 2.58 bits per heavy atom. The number of hydrogen-bond acceptors (Lipinski definition) is 6. The summed E-state index contributed by atoms with van der Waals surface area (Å²) in [7, 11) is 1.41. The Morgan fingerprint density at radius 1 is 1.08 bits per heavy atom. The Labute approximate surface area is 153 Å². The van der Waals surface area contributed by atoms with Crippen LogP contribution in [0.4, 0.5) is 5.69 Å². The molecule has 0 fully saturated rings. The van der Waals surface area contributed by atoms with Gasteiger partial charge in [0.15, 0.2) is 0 Å². The Hall–Kier alpha value is -3.06. The molecule has 0 amide bonds. The zero-order valence-electron chi connectivity index (χ0n) is 13.9. The van der Waals surface area contributed by atoms with Crippen molar-refractivity contribution in [3.05, 3.63) is 70.8 Å². The lowest BCUT2D eigenvalue weighted by molar-refractivity contribution is -0.385. The van der Waals surface area contributed by atoms with Crippen molar-refractivity contribution in [3.8, 4) is 11.5 Å². The van der Waals surface area contributed by atoms with Crippen molar-refractivity contribution in [1.29, 1.82) is 0 Å². The summed E-state index contributed by atoms with van der Waals surface area (Å²) >= 11 is 1.32. The van der Waals surface area contributed by atoms with Crippen molar-refractivity contribution < 1.29 is 19.2 Å². The number of hydrogen-bond donors (Lipinski definition) is 0. The summed E-state index contributed by atoms with van der Waals surface area (Å²) in [6.45, 7) is 0. The molecule has 0 saturated heterocycles. The van der Waals surface area contributed by atoms with Crippen LogP contribution < -0.4 is 9.47 Å². The van der Waals surface area contributed by atoms with E-state index in [9.17, 15) is 14.9 Å². The molecule has 3 aromatic rings. The molecule has 6 nitrogen and oxygen atoms in total. The number of methoxy groups -OCH3 is 1. The molecule has 3 aromatic carbocycles. The molecule has 0 bridgehead atoms. The van der Waals surface area contributed by atoms with E-state index in [0.29, 0.717) is 5.75 Å². The molecule has 0 atom stereocenters. The van der Waals surface area contributed by atoms with Gasteiger partial charge in [-0.1, -0.05) is 30.3 Å². The van der Waals surface area contributed by atoms with Gasteiger partial charge in [0.05, 0.1) is 23.9 Å². The van der Waals surface area contributed by atoms with Gasteiger partial charge in [0.2, 0.25) is 5.75 Å². The molecule has 0 saturated carbocycles. The number of carbonyl (C=O) groups excluding carboxylic acids is 1. The number of carbonyl (C=O) groups is 1. The second kappa shape index (κ2) is 7.88. The largest absolute Gasteiger partial charge is 0.496 e. The van der Waals surface area contributed by atoms with Gasteiger partial charge in [-0.2, -0.15) is 0 Å². The van der Waals surface area contributed by atoms with E-state index in [2.05, 4.69) is 0 Å². The van der Waals surface area contributed by atoms with Crippen LogP contribution in [0.25, 0.3) is 10.8 Å². The first-order valence-electron chi connectivity index (χ1n) is 7.71. The number of ether oxygens (including phenoxy) is 2. The number of nitrogens with zero attached hydrogens (tertiary/aromatic N) is 1. The average molecular weight is 369 g/mol. The minimum atomic E-state index is -0.610. The number of nitro groups is 1. The monoisotopic (exact) mass is 369 g/mol. The highest BCUT2D eigenvalue weighted by Gasteiger charge is 2.19. The number of benzene rings is 3. The molecule has 132 valence electrons. The molecular formula is C19H15NO5S. The highest BCUT2D eigenvalue weighted by Crippen LogP contribution is 2.31. The molecule has 0 spiro atoms. The van der Waals surface area contributed by atoms with Crippen molar-refractivity contribution in [2.45, 2.75) is 4.90 Å². The second-order valence-electron chi connectivity index (χ2n) is 5.36. The van der Waals surface area contributed by atoms with E-state index in [4.69, 9.17) is 9.47 Å². The van der Waals surface area contributed by atoms with E-state index in [1.807, 2.05) is 42.5 Å². The first kappa shape index (κ1) is 17.8. The highest BCUT2D eigenvalue weighted by atomic mass is 32.2. The molecule has 7 heteroatoms. The van der Waals surface area contributed by atoms with Crippen LogP contribution in [0.1, 0.15) is 0 Å². The Morgan fingerprint density at radius 2 is 1.85 bits per heavy atom. The van der Waals surface area contributed by atoms with Crippen LogP contribution >= 0.6 is 11.8 Å². The Kier molecular flexibility index (Phi) is 5.38. The van der Waals surface area contributed by atoms with E-state index in [0.717, 1.165) is 15.7 Å². The highest BCUT2D eigenvalue weighted by molar-refractivity contribution is 8.00. The van der Waals surface area contributed by atoms with Gasteiger partial charge in [-0.25, -0.2) is 0 Å². The minimum Gasteiger partial charge on any atom is -0.496 e. The standard InChI is InChI=1S/C19H15NO5S/c1-24-15-7-9-18(17(11-15)20(22)23)25-19(21)12-26-16-8-6-13-4-2-3-5-14(13)10-16/h2-11H,12H2,1H3. The van der Waals surface area contributed by atoms with E-state index in [-0.39, 0.29) is 17.2 Å². The fourth-order valence-corrected chi connectivity index (χ4v) is 3.12. The Balaban J connectivity index is 1.67. The quantitative estimate of drug-likeness (QED) is 0.210. The smallest absolute Gasteiger partial charge is 0.321 e. The van der Waals surface area contributed by atoms with Gasteiger partial charge >= 0.3 is 11.7 Å². The second-order valence-corrected chi connectivity index (χ2v) is 6.41. The third-order valence-corrected chi connectivity index (χ3v) is 4.63. The molecule has 0 aliphatic carbocycles. The topological polar surface area (TPSA) is 78.7 Å². The average Bonchev–Trinajstić information content (AvgIpc) is 2.66. The minimum absolute atomic E-state index is 0.0432. The maximum Gasteiger partial charge on any atom is 0.321 e. The van der Waals surface area contributed by atoms with Crippen molar-refractivity contribution in [2.75, 3.05) is 12.9 Å². The molecule has 0 aromatic heterocycles. The fraction of sp³-hybridized carbons (Fsp3) is 0.105. The van der Waals surface area contributed by atoms with E-state index >= 15 is 0 Å². The fourth-order valence-electron chi connectivity index (χ4n) is 2.40. The number of fused-ring (bicyclic) bond motifs is 1. The predicted octanol–water partition coefficient (Wildman–Crippen LogP) is 4.45. The van der Waals surface area contributed by atoms with Gasteiger partial charge in [0.1, 0.15) is 5.75 Å². The van der Waals surface area contributed by atoms with E-state index in [1.54, 1.807) is 0 Å². The summed E-state index contributed by atoms with van der Waals surface area (Å²) in [4.78, 5) is 23.5. The van der Waals surface area contributed by atoms with E-state index in [1.165, 1.54) is 37.1 Å². The normalized spacial score (nSPS) is 10.5. The lowest BCUT2D eigenvalue weighted by Crippen LogP contribution is -2.11. The first-order valence-corrected chi connectivity index (χ1v) is 8.70. The van der Waals surface area contributed by atoms with Gasteiger partial charge in [-0.15, -0.1) is 11.8 Å². The maximum absolute atomic E-state index is 12.1. The van der Waals surface area contributed by atoms with Gasteiger partial charge in [0.25, 0.3) is 0 Å². The number of rotatable bonds is 6. The molecule has 0 radical (unpaired) electrons. The van der Waals surface area contributed by atoms with Crippen molar-refractivity contribution >= 4 is 34.2 Å². The van der Waals surface area contributed by atoms with Crippen molar-refractivity contribution in [1.82, 2.24) is 0 Å². The van der Waals surface area contributed by atoms with Gasteiger partial charge in [-0.05, 0) is 35.0 Å². The van der Waals surface area contributed by atoms with Crippen molar-refractivity contribution in [3.63, 3.8) is 0 Å². The lowest BCUT2D eigenvalue weighted by atomic mass is 10.1. The number of nitro benzene ring substituents is 1. The lowest BCUT2D eigenvalue weighted by Gasteiger charge is -2.07. The zero-order valence-corrected chi connectivity index (χ0v) is 14.7. The zero-order chi connectivity index (χ0) is 18.5. The maximum atomic E-state index is 12.1. The van der Waals surface area contributed by atoms with Crippen LogP contribution in [0.5, 0.6) is 11.5 Å². The SMILES string of the molecule is COc1ccc(OC(=O)CSc2ccc3ccccc3c2)c([N+](=O)[O-])c1. The van der Waals surface area contributed by atoms with Crippen LogP contribution in [0.2, 0.25) is 0 Å². The van der Waals surface area contributed by atoms with Crippen LogP contribution in [-0.2, 0) is 4.79 Å². The first-order chi connectivity index (χ1) is 12.6. The van der Waals surface area contributed by atoms with Crippen molar-refractivity contribution in [2.24, 2.45) is 0 Å². The van der Waals surface area contributed by atoms with Gasteiger partial charge in [-0.3, -0.25) is 14.9 Å². The summed E-state index contributed by atoms with van der Waals surface area (Å²) in [6, 6.07) is 17.9. The molecule has 0 heterocycles. The molecule has 0 aliphatic heterocycles. The molecule has 3 rings (SSSR count). The van der Waals surface area contributed by atoms with Gasteiger partial charge < -0.3 is 9.47 Å². The summed E-state index contributed by atoms with van der Waals surface area (Å²) in [5.74, 6) is -0.292. The molecule has 0 unspecified atom stereocenters. The predicted molar refractivity (Wildman–Crippen MR) is 100.0 cm³/mol. The van der Waals surface area contributed by atoms with Crippen LogP contribution in [0.3, 0.4) is 0 Å².